The molecule has 0 saturated carbocycles. The maximum Gasteiger partial charge on any atom is 0.212 e. The Kier molecular flexibility index (Phi) is 11.5. The van der Waals surface area contributed by atoms with Crippen LogP contribution in [0.4, 0.5) is 0 Å². The lowest BCUT2D eigenvalue weighted by molar-refractivity contribution is 0.397. The number of nitrogens with zero attached hydrogens (tertiary/aromatic N) is 3. The van der Waals surface area contributed by atoms with E-state index in [0.29, 0.717) is 12.4 Å². The number of aromatic nitrogens is 1. The molecule has 0 spiro atoms. The van der Waals surface area contributed by atoms with E-state index in [1.54, 1.807) is 13.3 Å². The second-order valence-corrected chi connectivity index (χ2v) is 4.73. The number of hydrogen-bond donors (Lipinski definition) is 1. The number of guanidine groups is 1. The molecule has 0 bridgehead atoms. The van der Waals surface area contributed by atoms with E-state index in [0.717, 1.165) is 37.5 Å². The quantitative estimate of drug-likeness (QED) is 0.232. The van der Waals surface area contributed by atoms with Crippen molar-refractivity contribution in [2.45, 2.75) is 26.3 Å². The largest absolute Gasteiger partial charge is 0.481 e. The van der Waals surface area contributed by atoms with E-state index >= 15 is 0 Å². The number of halogens is 1. The van der Waals surface area contributed by atoms with Crippen LogP contribution in [0.25, 0.3) is 0 Å². The molecule has 0 radical (unpaired) electrons. The van der Waals surface area contributed by atoms with Gasteiger partial charge in [0.15, 0.2) is 5.96 Å². The molecule has 0 saturated heterocycles. The number of hydrogen-bond acceptors (Lipinski definition) is 3. The Bertz CT molecular complexity index is 448. The molecule has 0 aliphatic rings. The van der Waals surface area contributed by atoms with Gasteiger partial charge in [0.2, 0.25) is 5.88 Å². The van der Waals surface area contributed by atoms with E-state index in [9.17, 15) is 0 Å². The highest BCUT2D eigenvalue weighted by atomic mass is 127. The van der Waals surface area contributed by atoms with Crippen molar-refractivity contribution in [2.24, 2.45) is 4.99 Å². The van der Waals surface area contributed by atoms with Gasteiger partial charge in [-0.05, 0) is 25.3 Å². The van der Waals surface area contributed by atoms with Crippen molar-refractivity contribution < 1.29 is 4.74 Å². The maximum absolute atomic E-state index is 5.05. The standard InChI is InChI=1S/C16H26N4O.HI/c1-5-7-8-11-20(3)16(17-6-2)19-13-14-9-10-15(21-4)18-12-14;/h5,9-10,12H,1,6-8,11,13H2,2-4H3,(H,17,19);1H. The molecule has 0 unspecified atom stereocenters. The minimum Gasteiger partial charge on any atom is -0.481 e. The first kappa shape index (κ1) is 20.7. The number of unbranched alkanes of at least 4 members (excludes halogenated alkanes) is 1. The lowest BCUT2D eigenvalue weighted by atomic mass is 10.3. The van der Waals surface area contributed by atoms with Crippen LogP contribution in [0.1, 0.15) is 25.3 Å². The number of rotatable bonds is 8. The Labute approximate surface area is 150 Å². The zero-order valence-corrected chi connectivity index (χ0v) is 16.0. The summed E-state index contributed by atoms with van der Waals surface area (Å²) in [5, 5.41) is 3.31. The molecule has 0 aliphatic heterocycles. The zero-order valence-electron chi connectivity index (χ0n) is 13.7. The average Bonchev–Trinajstić information content (AvgIpc) is 2.52. The summed E-state index contributed by atoms with van der Waals surface area (Å²) in [4.78, 5) is 11.0. The minimum atomic E-state index is 0. The molecular formula is C16H27IN4O. The number of pyridine rings is 1. The molecule has 0 atom stereocenters. The van der Waals surface area contributed by atoms with Gasteiger partial charge >= 0.3 is 0 Å². The van der Waals surface area contributed by atoms with E-state index < -0.39 is 0 Å². The van der Waals surface area contributed by atoms with Crippen LogP contribution in [-0.4, -0.2) is 43.1 Å². The first-order valence-corrected chi connectivity index (χ1v) is 7.30. The molecule has 22 heavy (non-hydrogen) atoms. The topological polar surface area (TPSA) is 49.8 Å². The molecule has 0 aliphatic carbocycles. The van der Waals surface area contributed by atoms with E-state index in [1.165, 1.54) is 0 Å². The number of aliphatic imine (C=N–C) groups is 1. The second-order valence-electron chi connectivity index (χ2n) is 4.73. The predicted octanol–water partition coefficient (Wildman–Crippen LogP) is 3.07. The van der Waals surface area contributed by atoms with Gasteiger partial charge in [-0.25, -0.2) is 9.98 Å². The van der Waals surface area contributed by atoms with Crippen LogP contribution in [0.3, 0.4) is 0 Å². The third-order valence-corrected chi connectivity index (χ3v) is 3.02. The van der Waals surface area contributed by atoms with E-state index in [4.69, 9.17) is 4.74 Å². The summed E-state index contributed by atoms with van der Waals surface area (Å²) in [5.74, 6) is 1.54. The van der Waals surface area contributed by atoms with Crippen LogP contribution >= 0.6 is 24.0 Å². The smallest absolute Gasteiger partial charge is 0.212 e. The van der Waals surface area contributed by atoms with Crippen LogP contribution in [0, 0.1) is 0 Å². The predicted molar refractivity (Wildman–Crippen MR) is 103 cm³/mol. The number of allylic oxidation sites excluding steroid dienone is 1. The molecule has 1 N–H and O–H groups in total. The van der Waals surface area contributed by atoms with Crippen molar-refractivity contribution in [1.82, 2.24) is 15.2 Å². The van der Waals surface area contributed by atoms with Crippen molar-refractivity contribution >= 4 is 29.9 Å². The Hall–Kier alpha value is -1.31. The highest BCUT2D eigenvalue weighted by Gasteiger charge is 2.04. The summed E-state index contributed by atoms with van der Waals surface area (Å²) < 4.78 is 5.05. The minimum absolute atomic E-state index is 0. The summed E-state index contributed by atoms with van der Waals surface area (Å²) in [5.41, 5.74) is 1.06. The summed E-state index contributed by atoms with van der Waals surface area (Å²) >= 11 is 0. The fraction of sp³-hybridized carbons (Fsp3) is 0.500. The Morgan fingerprint density at radius 3 is 2.82 bits per heavy atom. The van der Waals surface area contributed by atoms with E-state index in [-0.39, 0.29) is 24.0 Å². The number of methoxy groups -OCH3 is 1. The lowest BCUT2D eigenvalue weighted by Crippen LogP contribution is -2.39. The molecule has 1 rings (SSSR count). The fourth-order valence-corrected chi connectivity index (χ4v) is 1.84. The summed E-state index contributed by atoms with van der Waals surface area (Å²) in [6.07, 6.45) is 5.84. The third-order valence-electron chi connectivity index (χ3n) is 3.02. The van der Waals surface area contributed by atoms with Crippen LogP contribution in [-0.2, 0) is 6.54 Å². The zero-order chi connectivity index (χ0) is 15.5. The van der Waals surface area contributed by atoms with E-state index in [1.807, 2.05) is 18.2 Å². The average molecular weight is 418 g/mol. The lowest BCUT2D eigenvalue weighted by Gasteiger charge is -2.21. The van der Waals surface area contributed by atoms with Crippen LogP contribution in [0.5, 0.6) is 5.88 Å². The van der Waals surface area contributed by atoms with Crippen LogP contribution in [0.15, 0.2) is 36.0 Å². The molecule has 0 amide bonds. The van der Waals surface area contributed by atoms with Crippen LogP contribution in [0.2, 0.25) is 0 Å². The molecular weight excluding hydrogens is 391 g/mol. The third kappa shape index (κ3) is 7.63. The van der Waals surface area contributed by atoms with Gasteiger partial charge < -0.3 is 15.0 Å². The molecule has 1 aromatic rings. The van der Waals surface area contributed by atoms with Crippen molar-refractivity contribution in [2.75, 3.05) is 27.2 Å². The van der Waals surface area contributed by atoms with Gasteiger partial charge in [0, 0.05) is 32.4 Å². The highest BCUT2D eigenvalue weighted by molar-refractivity contribution is 14.0. The van der Waals surface area contributed by atoms with Gasteiger partial charge in [-0.1, -0.05) is 12.1 Å². The monoisotopic (exact) mass is 418 g/mol. The van der Waals surface area contributed by atoms with Gasteiger partial charge in [0.05, 0.1) is 13.7 Å². The highest BCUT2D eigenvalue weighted by Crippen LogP contribution is 2.07. The summed E-state index contributed by atoms with van der Waals surface area (Å²) in [6.45, 7) is 8.23. The first-order chi connectivity index (χ1) is 10.2. The van der Waals surface area contributed by atoms with Gasteiger partial charge in [0.25, 0.3) is 0 Å². The molecule has 1 aromatic heterocycles. The van der Waals surface area contributed by atoms with Gasteiger partial charge in [0.1, 0.15) is 0 Å². The SMILES string of the molecule is C=CCCCN(C)C(=NCc1ccc(OC)nc1)NCC.I. The maximum atomic E-state index is 5.05. The van der Waals surface area contributed by atoms with Gasteiger partial charge in [-0.15, -0.1) is 30.6 Å². The summed E-state index contributed by atoms with van der Waals surface area (Å²) in [6, 6.07) is 3.84. The first-order valence-electron chi connectivity index (χ1n) is 7.30. The van der Waals surface area contributed by atoms with Crippen molar-refractivity contribution in [1.29, 1.82) is 0 Å². The molecule has 6 heteroatoms. The second kappa shape index (κ2) is 12.3. The van der Waals surface area contributed by atoms with Crippen molar-refractivity contribution in [3.63, 3.8) is 0 Å². The molecule has 124 valence electrons. The van der Waals surface area contributed by atoms with Crippen LogP contribution < -0.4 is 10.1 Å². The van der Waals surface area contributed by atoms with E-state index in [2.05, 4.69) is 40.7 Å². The summed E-state index contributed by atoms with van der Waals surface area (Å²) in [7, 11) is 3.67. The molecule has 1 heterocycles. The van der Waals surface area contributed by atoms with Gasteiger partial charge in [-0.3, -0.25) is 0 Å². The number of ether oxygens (including phenoxy) is 1. The van der Waals surface area contributed by atoms with Gasteiger partial charge in [-0.2, -0.15) is 0 Å². The van der Waals surface area contributed by atoms with Crippen molar-refractivity contribution in [3.05, 3.63) is 36.5 Å². The molecule has 0 aromatic carbocycles. The Balaban J connectivity index is 0.00000441. The number of nitrogens with one attached hydrogen (secondary N) is 1. The van der Waals surface area contributed by atoms with Crippen molar-refractivity contribution in [3.8, 4) is 5.88 Å². The Morgan fingerprint density at radius 1 is 1.50 bits per heavy atom. The fourth-order valence-electron chi connectivity index (χ4n) is 1.84. The molecule has 0 fully saturated rings. The molecule has 5 nitrogen and oxygen atoms in total. The Morgan fingerprint density at radius 2 is 2.27 bits per heavy atom. The normalized spacial score (nSPS) is 10.6.